The number of H-pyrrole nitrogens is 1. The molecule has 0 saturated heterocycles. The summed E-state index contributed by atoms with van der Waals surface area (Å²) in [7, 11) is 0. The number of rotatable bonds is 14. The Labute approximate surface area is 272 Å². The van der Waals surface area contributed by atoms with Crippen LogP contribution in [-0.2, 0) is 35.5 Å². The number of benzene rings is 3. The maximum Gasteiger partial charge on any atom is 0.268 e. The molecule has 0 aliphatic carbocycles. The van der Waals surface area contributed by atoms with Crippen molar-refractivity contribution in [3.63, 3.8) is 0 Å². The standard InChI is InChI=1S/C36H39N5O4S/c1-3-45-28-14-12-24(13-15-28)18-30(41-36(44)33-23(2)16-17-38-33)35(43)40-31(19-27-22-46-32-7-5-4-6-29(27)32)34(42)39-21-26-10-8-25(20-37)9-11-26/h4-17,22,30-31,38H,3,18-21,37H2,1-2H3,(H,39,42)(H,40,43)(H,41,44)/t30-,31+/m1/s1. The van der Waals surface area contributed by atoms with Crippen LogP contribution in [0.1, 0.15) is 45.2 Å². The quantitative estimate of drug-likeness (QED) is 0.119. The zero-order chi connectivity index (χ0) is 32.5. The summed E-state index contributed by atoms with van der Waals surface area (Å²) < 4.78 is 6.67. The first-order chi connectivity index (χ1) is 22.3. The lowest BCUT2D eigenvalue weighted by molar-refractivity contribution is -0.130. The highest BCUT2D eigenvalue weighted by atomic mass is 32.1. The first-order valence-corrected chi connectivity index (χ1v) is 16.2. The van der Waals surface area contributed by atoms with Crippen LogP contribution in [0, 0.1) is 6.92 Å². The second-order valence-electron chi connectivity index (χ2n) is 11.1. The number of aryl methyl sites for hydroxylation is 1. The van der Waals surface area contributed by atoms with E-state index in [0.717, 1.165) is 43.7 Å². The molecule has 5 aromatic rings. The van der Waals surface area contributed by atoms with Crippen molar-refractivity contribution < 1.29 is 19.1 Å². The van der Waals surface area contributed by atoms with Crippen LogP contribution in [0.5, 0.6) is 5.75 Å². The zero-order valence-corrected chi connectivity index (χ0v) is 26.8. The molecule has 2 atom stereocenters. The summed E-state index contributed by atoms with van der Waals surface area (Å²) >= 11 is 1.60. The Morgan fingerprint density at radius 3 is 2.24 bits per heavy atom. The molecule has 2 aromatic heterocycles. The van der Waals surface area contributed by atoms with Crippen LogP contribution < -0.4 is 26.4 Å². The Balaban J connectivity index is 1.38. The maximum atomic E-state index is 14.0. The number of carbonyl (C=O) groups excluding carboxylic acids is 3. The lowest BCUT2D eigenvalue weighted by atomic mass is 10.0. The van der Waals surface area contributed by atoms with Crippen LogP contribution in [0.15, 0.2) is 90.4 Å². The van der Waals surface area contributed by atoms with Gasteiger partial charge in [-0.1, -0.05) is 54.6 Å². The molecule has 3 amide bonds. The van der Waals surface area contributed by atoms with Crippen molar-refractivity contribution in [3.05, 3.63) is 124 Å². The van der Waals surface area contributed by atoms with Crippen LogP contribution >= 0.6 is 11.3 Å². The van der Waals surface area contributed by atoms with Gasteiger partial charge in [0.15, 0.2) is 0 Å². The van der Waals surface area contributed by atoms with Gasteiger partial charge in [0.05, 0.1) is 6.61 Å². The molecule has 0 spiro atoms. The minimum absolute atomic E-state index is 0.215. The Morgan fingerprint density at radius 2 is 1.54 bits per heavy atom. The molecule has 46 heavy (non-hydrogen) atoms. The van der Waals surface area contributed by atoms with Gasteiger partial charge in [0, 0.05) is 36.8 Å². The van der Waals surface area contributed by atoms with Crippen molar-refractivity contribution in [2.45, 2.75) is 51.9 Å². The Bertz CT molecular complexity index is 1780. The third-order valence-corrected chi connectivity index (χ3v) is 8.83. The van der Waals surface area contributed by atoms with E-state index in [2.05, 4.69) is 20.9 Å². The second kappa shape index (κ2) is 15.4. The number of aromatic amines is 1. The van der Waals surface area contributed by atoms with Crippen molar-refractivity contribution in [2.75, 3.05) is 6.61 Å². The molecule has 6 N–H and O–H groups in total. The largest absolute Gasteiger partial charge is 0.494 e. The van der Waals surface area contributed by atoms with Crippen LogP contribution in [0.2, 0.25) is 0 Å². The number of carbonyl (C=O) groups is 3. The smallest absolute Gasteiger partial charge is 0.268 e. The molecule has 5 rings (SSSR count). The molecular formula is C36H39N5O4S. The van der Waals surface area contributed by atoms with Crippen LogP contribution in [0.25, 0.3) is 10.1 Å². The number of ether oxygens (including phenoxy) is 1. The van der Waals surface area contributed by atoms with Gasteiger partial charge in [0.2, 0.25) is 11.8 Å². The summed E-state index contributed by atoms with van der Waals surface area (Å²) in [6.07, 6.45) is 2.18. The van der Waals surface area contributed by atoms with Gasteiger partial charge in [0.1, 0.15) is 23.5 Å². The number of fused-ring (bicyclic) bond motifs is 1. The van der Waals surface area contributed by atoms with Gasteiger partial charge in [0.25, 0.3) is 5.91 Å². The van der Waals surface area contributed by atoms with E-state index in [0.29, 0.717) is 25.4 Å². The SMILES string of the molecule is CCOc1ccc(C[C@@H](NC(=O)c2[nH]ccc2C)C(=O)N[C@@H](Cc2csc3ccccc23)C(=O)NCc2ccc(CN)cc2)cc1. The normalized spacial score (nSPS) is 12.3. The van der Waals surface area contributed by atoms with Gasteiger partial charge in [-0.25, -0.2) is 0 Å². The van der Waals surface area contributed by atoms with Crippen LogP contribution in [-0.4, -0.2) is 41.4 Å². The number of nitrogens with two attached hydrogens (primary N) is 1. The molecule has 0 fully saturated rings. The summed E-state index contributed by atoms with van der Waals surface area (Å²) in [5.41, 5.74) is 10.6. The fourth-order valence-electron chi connectivity index (χ4n) is 5.25. The number of amides is 3. The van der Waals surface area contributed by atoms with Crippen LogP contribution in [0.4, 0.5) is 0 Å². The van der Waals surface area contributed by atoms with E-state index in [1.54, 1.807) is 23.6 Å². The van der Waals surface area contributed by atoms with Gasteiger partial charge >= 0.3 is 0 Å². The zero-order valence-electron chi connectivity index (χ0n) is 26.0. The highest BCUT2D eigenvalue weighted by Crippen LogP contribution is 2.27. The number of aromatic nitrogens is 1. The third-order valence-electron chi connectivity index (χ3n) is 7.82. The molecule has 0 aliphatic rings. The molecule has 10 heteroatoms. The molecule has 0 unspecified atom stereocenters. The van der Waals surface area contributed by atoms with E-state index < -0.39 is 23.9 Å². The fraction of sp³-hybridized carbons (Fsp3) is 0.250. The van der Waals surface area contributed by atoms with Crippen molar-refractivity contribution in [1.29, 1.82) is 0 Å². The molecule has 238 valence electrons. The van der Waals surface area contributed by atoms with Gasteiger partial charge < -0.3 is 31.4 Å². The summed E-state index contributed by atoms with van der Waals surface area (Å²) in [5.74, 6) is -0.466. The maximum absolute atomic E-state index is 14.0. The molecule has 0 radical (unpaired) electrons. The molecule has 9 nitrogen and oxygen atoms in total. The van der Waals surface area contributed by atoms with Gasteiger partial charge in [-0.2, -0.15) is 0 Å². The van der Waals surface area contributed by atoms with Gasteiger partial charge in [-0.05, 0) is 76.7 Å². The molecular weight excluding hydrogens is 598 g/mol. The van der Waals surface area contributed by atoms with Crippen molar-refractivity contribution in [2.24, 2.45) is 5.73 Å². The summed E-state index contributed by atoms with van der Waals surface area (Å²) in [5, 5.41) is 11.9. The summed E-state index contributed by atoms with van der Waals surface area (Å²) in [4.78, 5) is 44.0. The van der Waals surface area contributed by atoms with Crippen molar-refractivity contribution >= 4 is 39.1 Å². The van der Waals surface area contributed by atoms with E-state index in [1.165, 1.54) is 0 Å². The Kier molecular flexibility index (Phi) is 10.9. The number of hydrogen-bond acceptors (Lipinski definition) is 6. The predicted octanol–water partition coefficient (Wildman–Crippen LogP) is 4.78. The highest BCUT2D eigenvalue weighted by Gasteiger charge is 2.29. The van der Waals surface area contributed by atoms with E-state index in [1.807, 2.05) is 92.0 Å². The number of nitrogens with one attached hydrogen (secondary N) is 4. The molecule has 0 saturated carbocycles. The lowest BCUT2D eigenvalue weighted by Crippen LogP contribution is -2.55. The van der Waals surface area contributed by atoms with E-state index >= 15 is 0 Å². The van der Waals surface area contributed by atoms with Gasteiger partial charge in [-0.15, -0.1) is 11.3 Å². The fourth-order valence-corrected chi connectivity index (χ4v) is 6.23. The lowest BCUT2D eigenvalue weighted by Gasteiger charge is -2.23. The predicted molar refractivity (Wildman–Crippen MR) is 182 cm³/mol. The minimum atomic E-state index is -0.952. The van der Waals surface area contributed by atoms with E-state index in [4.69, 9.17) is 10.5 Å². The monoisotopic (exact) mass is 637 g/mol. The molecule has 3 aromatic carbocycles. The first-order valence-electron chi connectivity index (χ1n) is 15.3. The molecule has 0 bridgehead atoms. The third kappa shape index (κ3) is 8.21. The topological polar surface area (TPSA) is 138 Å². The summed E-state index contributed by atoms with van der Waals surface area (Å²) in [6.45, 7) is 5.00. The van der Waals surface area contributed by atoms with Crippen molar-refractivity contribution in [3.8, 4) is 5.75 Å². The average molecular weight is 638 g/mol. The van der Waals surface area contributed by atoms with Gasteiger partial charge in [-0.3, -0.25) is 14.4 Å². The summed E-state index contributed by atoms with van der Waals surface area (Å²) in [6, 6.07) is 23.1. The van der Waals surface area contributed by atoms with E-state index in [9.17, 15) is 14.4 Å². The molecule has 2 heterocycles. The number of thiophene rings is 1. The average Bonchev–Trinajstić information content (AvgIpc) is 3.70. The second-order valence-corrected chi connectivity index (χ2v) is 12.0. The van der Waals surface area contributed by atoms with E-state index in [-0.39, 0.29) is 18.7 Å². The Morgan fingerprint density at radius 1 is 0.848 bits per heavy atom. The molecule has 0 aliphatic heterocycles. The minimum Gasteiger partial charge on any atom is -0.494 e. The van der Waals surface area contributed by atoms with Crippen molar-refractivity contribution in [1.82, 2.24) is 20.9 Å². The van der Waals surface area contributed by atoms with Crippen LogP contribution in [0.3, 0.4) is 0 Å². The number of hydrogen-bond donors (Lipinski definition) is 5. The first kappa shape index (κ1) is 32.5. The Hall–Kier alpha value is -4.93. The highest BCUT2D eigenvalue weighted by molar-refractivity contribution is 7.17.